The van der Waals surface area contributed by atoms with Gasteiger partial charge < -0.3 is 24.3 Å². The zero-order chi connectivity index (χ0) is 12.7. The molecule has 0 radical (unpaired) electrons. The molecule has 1 aromatic rings. The average Bonchev–Trinajstić information content (AvgIpc) is 2.39. The molecule has 1 rings (SSSR count). The molecule has 0 fully saturated rings. The van der Waals surface area contributed by atoms with Crippen LogP contribution in [0, 0.1) is 0 Å². The van der Waals surface area contributed by atoms with Crippen molar-refractivity contribution in [3.8, 4) is 11.5 Å². The molecule has 0 aliphatic rings. The lowest BCUT2D eigenvalue weighted by molar-refractivity contribution is -0.0914. The van der Waals surface area contributed by atoms with Gasteiger partial charge in [-0.1, -0.05) is 0 Å². The predicted molar refractivity (Wildman–Crippen MR) is 65.8 cm³/mol. The van der Waals surface area contributed by atoms with E-state index in [1.807, 2.05) is 18.2 Å². The van der Waals surface area contributed by atoms with Crippen LogP contribution in [0.4, 0.5) is 5.69 Å². The van der Waals surface area contributed by atoms with Crippen LogP contribution < -0.4 is 14.8 Å². The molecule has 0 spiro atoms. The van der Waals surface area contributed by atoms with E-state index < -0.39 is 0 Å². The summed E-state index contributed by atoms with van der Waals surface area (Å²) in [5.74, 6) is 1.47. The Morgan fingerprint density at radius 1 is 1.06 bits per heavy atom. The summed E-state index contributed by atoms with van der Waals surface area (Å²) in [6, 6.07) is 5.57. The van der Waals surface area contributed by atoms with Crippen molar-refractivity contribution in [1.82, 2.24) is 0 Å². The molecule has 17 heavy (non-hydrogen) atoms. The standard InChI is InChI=1S/C12H19NO4/c1-14-9-5-6-10(11(7-9)15-2)13-8-12(16-3)17-4/h5-7,12-13H,8H2,1-4H3. The molecule has 5 nitrogen and oxygen atoms in total. The van der Waals surface area contributed by atoms with Gasteiger partial charge in [0.25, 0.3) is 0 Å². The Bertz CT molecular complexity index is 339. The minimum Gasteiger partial charge on any atom is -0.497 e. The summed E-state index contributed by atoms with van der Waals surface area (Å²) in [5.41, 5.74) is 0.868. The van der Waals surface area contributed by atoms with Crippen molar-refractivity contribution in [3.05, 3.63) is 18.2 Å². The normalized spacial score (nSPS) is 10.4. The summed E-state index contributed by atoms with van der Waals surface area (Å²) in [6.45, 7) is 0.537. The molecule has 0 bridgehead atoms. The van der Waals surface area contributed by atoms with Crippen LogP contribution in [-0.4, -0.2) is 41.3 Å². The zero-order valence-electron chi connectivity index (χ0n) is 10.6. The Hall–Kier alpha value is -1.46. The van der Waals surface area contributed by atoms with Crippen LogP contribution in [0.15, 0.2) is 18.2 Å². The molecule has 0 atom stereocenters. The monoisotopic (exact) mass is 241 g/mol. The predicted octanol–water partition coefficient (Wildman–Crippen LogP) is 1.73. The lowest BCUT2D eigenvalue weighted by Crippen LogP contribution is -2.23. The van der Waals surface area contributed by atoms with Crippen LogP contribution in [0.5, 0.6) is 11.5 Å². The Labute approximate surface area is 102 Å². The summed E-state index contributed by atoms with van der Waals surface area (Å²) in [5, 5.41) is 3.19. The fourth-order valence-electron chi connectivity index (χ4n) is 1.40. The third kappa shape index (κ3) is 3.80. The molecule has 0 saturated heterocycles. The smallest absolute Gasteiger partial charge is 0.173 e. The molecular formula is C12H19NO4. The summed E-state index contributed by atoms with van der Waals surface area (Å²) in [6.07, 6.45) is -0.290. The third-order valence-corrected chi connectivity index (χ3v) is 2.39. The number of ether oxygens (including phenoxy) is 4. The topological polar surface area (TPSA) is 49.0 Å². The van der Waals surface area contributed by atoms with Gasteiger partial charge in [-0.05, 0) is 12.1 Å². The second-order valence-corrected chi connectivity index (χ2v) is 3.35. The zero-order valence-corrected chi connectivity index (χ0v) is 10.6. The van der Waals surface area contributed by atoms with Gasteiger partial charge in [-0.2, -0.15) is 0 Å². The maximum Gasteiger partial charge on any atom is 0.173 e. The van der Waals surface area contributed by atoms with Gasteiger partial charge in [-0.25, -0.2) is 0 Å². The molecule has 1 N–H and O–H groups in total. The lowest BCUT2D eigenvalue weighted by atomic mass is 10.2. The van der Waals surface area contributed by atoms with Gasteiger partial charge in [-0.15, -0.1) is 0 Å². The van der Waals surface area contributed by atoms with Gasteiger partial charge >= 0.3 is 0 Å². The molecule has 0 saturated carbocycles. The van der Waals surface area contributed by atoms with Crippen molar-refractivity contribution >= 4 is 5.69 Å². The number of nitrogens with one attached hydrogen (secondary N) is 1. The minimum atomic E-state index is -0.290. The van der Waals surface area contributed by atoms with Crippen molar-refractivity contribution in [2.24, 2.45) is 0 Å². The van der Waals surface area contributed by atoms with E-state index >= 15 is 0 Å². The highest BCUT2D eigenvalue weighted by Gasteiger charge is 2.08. The first kappa shape index (κ1) is 13.6. The van der Waals surface area contributed by atoms with E-state index in [1.165, 1.54) is 0 Å². The molecule has 1 aromatic carbocycles. The van der Waals surface area contributed by atoms with E-state index in [-0.39, 0.29) is 6.29 Å². The number of methoxy groups -OCH3 is 4. The van der Waals surface area contributed by atoms with Crippen LogP contribution in [0.2, 0.25) is 0 Å². The van der Waals surface area contributed by atoms with Crippen LogP contribution in [0.1, 0.15) is 0 Å². The quantitative estimate of drug-likeness (QED) is 0.737. The van der Waals surface area contributed by atoms with Crippen molar-refractivity contribution in [2.45, 2.75) is 6.29 Å². The van der Waals surface area contributed by atoms with Crippen LogP contribution in [-0.2, 0) is 9.47 Å². The third-order valence-electron chi connectivity index (χ3n) is 2.39. The van der Waals surface area contributed by atoms with E-state index in [1.54, 1.807) is 28.4 Å². The lowest BCUT2D eigenvalue weighted by Gasteiger charge is -2.17. The maximum atomic E-state index is 5.26. The number of hydrogen-bond donors (Lipinski definition) is 1. The fourth-order valence-corrected chi connectivity index (χ4v) is 1.40. The SMILES string of the molecule is COc1ccc(NCC(OC)OC)c(OC)c1. The van der Waals surface area contributed by atoms with Gasteiger partial charge in [0.1, 0.15) is 11.5 Å². The molecule has 0 aromatic heterocycles. The molecular weight excluding hydrogens is 222 g/mol. The highest BCUT2D eigenvalue weighted by molar-refractivity contribution is 5.59. The molecule has 0 heterocycles. The average molecular weight is 241 g/mol. The van der Waals surface area contributed by atoms with Gasteiger partial charge in [0.2, 0.25) is 0 Å². The van der Waals surface area contributed by atoms with E-state index in [0.717, 1.165) is 17.2 Å². The largest absolute Gasteiger partial charge is 0.497 e. The first-order valence-corrected chi connectivity index (χ1v) is 5.26. The van der Waals surface area contributed by atoms with E-state index in [4.69, 9.17) is 18.9 Å². The second-order valence-electron chi connectivity index (χ2n) is 3.35. The summed E-state index contributed by atoms with van der Waals surface area (Å²) >= 11 is 0. The highest BCUT2D eigenvalue weighted by atomic mass is 16.7. The minimum absolute atomic E-state index is 0.290. The summed E-state index contributed by atoms with van der Waals surface area (Å²) in [4.78, 5) is 0. The Balaban J connectivity index is 2.70. The Morgan fingerprint density at radius 3 is 2.29 bits per heavy atom. The first-order valence-electron chi connectivity index (χ1n) is 5.26. The van der Waals surface area contributed by atoms with Crippen molar-refractivity contribution in [1.29, 1.82) is 0 Å². The summed E-state index contributed by atoms with van der Waals surface area (Å²) in [7, 11) is 6.43. The van der Waals surface area contributed by atoms with Crippen LogP contribution in [0.3, 0.4) is 0 Å². The number of rotatable bonds is 7. The van der Waals surface area contributed by atoms with Gasteiger partial charge in [0, 0.05) is 20.3 Å². The fraction of sp³-hybridized carbons (Fsp3) is 0.500. The Kier molecular flexibility index (Phi) is 5.59. The van der Waals surface area contributed by atoms with Crippen LogP contribution in [0.25, 0.3) is 0 Å². The van der Waals surface area contributed by atoms with Gasteiger partial charge in [0.05, 0.1) is 26.5 Å². The molecule has 0 aliphatic heterocycles. The second kappa shape index (κ2) is 6.98. The van der Waals surface area contributed by atoms with Gasteiger partial charge in [-0.3, -0.25) is 0 Å². The number of anilines is 1. The molecule has 5 heteroatoms. The molecule has 0 amide bonds. The van der Waals surface area contributed by atoms with Crippen LogP contribution >= 0.6 is 0 Å². The number of hydrogen-bond acceptors (Lipinski definition) is 5. The van der Waals surface area contributed by atoms with Crippen molar-refractivity contribution < 1.29 is 18.9 Å². The first-order chi connectivity index (χ1) is 8.24. The molecule has 0 unspecified atom stereocenters. The molecule has 96 valence electrons. The van der Waals surface area contributed by atoms with E-state index in [2.05, 4.69) is 5.32 Å². The number of benzene rings is 1. The van der Waals surface area contributed by atoms with E-state index in [0.29, 0.717) is 6.54 Å². The maximum absolute atomic E-state index is 5.26. The van der Waals surface area contributed by atoms with Gasteiger partial charge in [0.15, 0.2) is 6.29 Å². The Morgan fingerprint density at radius 2 is 1.76 bits per heavy atom. The van der Waals surface area contributed by atoms with E-state index in [9.17, 15) is 0 Å². The van der Waals surface area contributed by atoms with Crippen molar-refractivity contribution in [3.63, 3.8) is 0 Å². The highest BCUT2D eigenvalue weighted by Crippen LogP contribution is 2.28. The molecule has 0 aliphatic carbocycles. The summed E-state index contributed by atoms with van der Waals surface area (Å²) < 4.78 is 20.6. The van der Waals surface area contributed by atoms with Crippen molar-refractivity contribution in [2.75, 3.05) is 40.3 Å².